The fourth-order valence-corrected chi connectivity index (χ4v) is 2.77. The fourth-order valence-electron chi connectivity index (χ4n) is 2.60. The van der Waals surface area contributed by atoms with Gasteiger partial charge >= 0.3 is 0 Å². The van der Waals surface area contributed by atoms with Crippen LogP contribution in [0, 0.1) is 6.07 Å². The normalized spacial score (nSPS) is 10.5. The average Bonchev–Trinajstić information content (AvgIpc) is 2.73. The number of ether oxygens (including phenoxy) is 4. The molecule has 0 saturated carbocycles. The number of aromatic hydroxyl groups is 1. The van der Waals surface area contributed by atoms with E-state index in [4.69, 9.17) is 30.5 Å². The van der Waals surface area contributed by atoms with Crippen LogP contribution in [0.15, 0.2) is 54.6 Å². The Morgan fingerprint density at radius 3 is 2.43 bits per heavy atom. The number of benzene rings is 3. The van der Waals surface area contributed by atoms with Gasteiger partial charge in [0.15, 0.2) is 6.79 Å². The van der Waals surface area contributed by atoms with Crippen molar-refractivity contribution in [3.63, 3.8) is 0 Å². The number of phenolic OH excluding ortho intramolecular Hbond substituents is 1. The standard InChI is InChI=1S/C22H20ClO5/c1-25-14-28-17-10-11-18(19-4-3-5-20(23)22(19)24)21(12-17)27-13-15-6-8-16(26-2)9-7-15/h3-11,24H,13-14H2,1-2H3. The zero-order valence-corrected chi connectivity index (χ0v) is 16.3. The van der Waals surface area contributed by atoms with Gasteiger partial charge in [0.2, 0.25) is 0 Å². The number of hydrogen-bond donors (Lipinski definition) is 1. The van der Waals surface area contributed by atoms with E-state index in [0.717, 1.165) is 11.3 Å². The summed E-state index contributed by atoms with van der Waals surface area (Å²) < 4.78 is 21.6. The van der Waals surface area contributed by atoms with Crippen LogP contribution >= 0.6 is 11.6 Å². The van der Waals surface area contributed by atoms with Crippen LogP contribution in [0.4, 0.5) is 0 Å². The third kappa shape index (κ3) is 4.68. The predicted molar refractivity (Wildman–Crippen MR) is 107 cm³/mol. The second-order valence-corrected chi connectivity index (χ2v) is 6.30. The van der Waals surface area contributed by atoms with Crippen molar-refractivity contribution >= 4 is 11.6 Å². The molecular formula is C22H20ClO5. The smallest absolute Gasteiger partial charge is 0.188 e. The lowest BCUT2D eigenvalue weighted by Gasteiger charge is -2.15. The topological polar surface area (TPSA) is 57.2 Å². The summed E-state index contributed by atoms with van der Waals surface area (Å²) in [5.41, 5.74) is 2.16. The van der Waals surface area contributed by atoms with Crippen LogP contribution in [0.25, 0.3) is 11.1 Å². The van der Waals surface area contributed by atoms with Crippen molar-refractivity contribution in [2.45, 2.75) is 6.61 Å². The van der Waals surface area contributed by atoms with Crippen molar-refractivity contribution in [3.8, 4) is 34.1 Å². The Balaban J connectivity index is 1.91. The maximum atomic E-state index is 10.4. The summed E-state index contributed by atoms with van der Waals surface area (Å²) in [6, 6.07) is 19.3. The Hall–Kier alpha value is -2.89. The molecule has 0 aliphatic rings. The molecule has 3 rings (SSSR count). The van der Waals surface area contributed by atoms with Gasteiger partial charge in [-0.05, 0) is 35.9 Å². The quantitative estimate of drug-likeness (QED) is 0.535. The number of para-hydroxylation sites is 1. The van der Waals surface area contributed by atoms with E-state index >= 15 is 0 Å². The minimum absolute atomic E-state index is 0.0163. The molecule has 0 amide bonds. The van der Waals surface area contributed by atoms with Gasteiger partial charge in [0.1, 0.15) is 29.6 Å². The second kappa shape index (κ2) is 9.35. The zero-order chi connectivity index (χ0) is 19.9. The molecule has 0 spiro atoms. The lowest BCUT2D eigenvalue weighted by atomic mass is 10.0. The van der Waals surface area contributed by atoms with Crippen LogP contribution in [-0.2, 0) is 11.3 Å². The molecule has 145 valence electrons. The monoisotopic (exact) mass is 399 g/mol. The Kier molecular flexibility index (Phi) is 6.63. The molecule has 3 aromatic rings. The summed E-state index contributed by atoms with van der Waals surface area (Å²) in [6.45, 7) is 0.402. The highest BCUT2D eigenvalue weighted by atomic mass is 35.5. The van der Waals surface area contributed by atoms with Crippen molar-refractivity contribution in [1.29, 1.82) is 0 Å². The van der Waals surface area contributed by atoms with Gasteiger partial charge in [-0.25, -0.2) is 0 Å². The molecular weight excluding hydrogens is 380 g/mol. The summed E-state index contributed by atoms with van der Waals surface area (Å²) in [5.74, 6) is 1.66. The second-order valence-electron chi connectivity index (χ2n) is 5.89. The highest BCUT2D eigenvalue weighted by molar-refractivity contribution is 6.32. The number of rotatable bonds is 8. The number of hydrogen-bond acceptors (Lipinski definition) is 5. The Bertz CT molecular complexity index is 925. The molecule has 6 heteroatoms. The molecule has 0 unspecified atom stereocenters. The molecule has 0 atom stereocenters. The van der Waals surface area contributed by atoms with Gasteiger partial charge in [-0.15, -0.1) is 0 Å². The lowest BCUT2D eigenvalue weighted by molar-refractivity contribution is 0.0507. The number of methoxy groups -OCH3 is 2. The molecule has 0 aromatic heterocycles. The highest BCUT2D eigenvalue weighted by Crippen LogP contribution is 2.41. The van der Waals surface area contributed by atoms with Gasteiger partial charge in [-0.2, -0.15) is 0 Å². The van der Waals surface area contributed by atoms with Gasteiger partial charge < -0.3 is 24.1 Å². The van der Waals surface area contributed by atoms with Gasteiger partial charge in [0.25, 0.3) is 0 Å². The van der Waals surface area contributed by atoms with E-state index in [0.29, 0.717) is 29.2 Å². The summed E-state index contributed by atoms with van der Waals surface area (Å²) in [5, 5.41) is 10.6. The van der Waals surface area contributed by atoms with E-state index in [1.165, 1.54) is 0 Å². The van der Waals surface area contributed by atoms with Crippen LogP contribution in [0.1, 0.15) is 5.56 Å². The molecule has 0 aliphatic carbocycles. The molecule has 1 N–H and O–H groups in total. The van der Waals surface area contributed by atoms with Crippen molar-refractivity contribution in [3.05, 3.63) is 71.2 Å². The Labute approximate surface area is 169 Å². The molecule has 28 heavy (non-hydrogen) atoms. The SMILES string of the molecule is COCOc1[c]c(OCc2ccc(OC)cc2)c(-c2cccc(Cl)c2O)cc1. The van der Waals surface area contributed by atoms with Crippen LogP contribution in [0.3, 0.4) is 0 Å². The Morgan fingerprint density at radius 2 is 1.71 bits per heavy atom. The molecule has 0 aliphatic heterocycles. The largest absolute Gasteiger partial charge is 0.506 e. The van der Waals surface area contributed by atoms with Gasteiger partial charge in [-0.1, -0.05) is 35.9 Å². The summed E-state index contributed by atoms with van der Waals surface area (Å²) in [6.07, 6.45) is 0. The third-order valence-corrected chi connectivity index (χ3v) is 4.34. The molecule has 5 nitrogen and oxygen atoms in total. The minimum atomic E-state index is -0.0163. The fraction of sp³-hybridized carbons (Fsp3) is 0.182. The molecule has 3 aromatic carbocycles. The van der Waals surface area contributed by atoms with Crippen molar-refractivity contribution < 1.29 is 24.1 Å². The number of halogens is 1. The van der Waals surface area contributed by atoms with Crippen LogP contribution in [0.5, 0.6) is 23.0 Å². The molecule has 0 bridgehead atoms. The minimum Gasteiger partial charge on any atom is -0.506 e. The van der Waals surface area contributed by atoms with Crippen LogP contribution in [0.2, 0.25) is 5.02 Å². The first kappa shape index (κ1) is 19.9. The zero-order valence-electron chi connectivity index (χ0n) is 15.6. The first-order valence-electron chi connectivity index (χ1n) is 8.54. The molecule has 0 fully saturated rings. The first-order chi connectivity index (χ1) is 13.6. The van der Waals surface area contributed by atoms with E-state index in [9.17, 15) is 5.11 Å². The van der Waals surface area contributed by atoms with Gasteiger partial charge in [0.05, 0.1) is 18.2 Å². The number of phenols is 1. The third-order valence-electron chi connectivity index (χ3n) is 4.03. The Morgan fingerprint density at radius 1 is 0.929 bits per heavy atom. The van der Waals surface area contributed by atoms with Crippen LogP contribution < -0.4 is 14.2 Å². The molecule has 1 radical (unpaired) electrons. The molecule has 0 heterocycles. The van der Waals surface area contributed by atoms with Crippen molar-refractivity contribution in [2.24, 2.45) is 0 Å². The van der Waals surface area contributed by atoms with Crippen LogP contribution in [-0.4, -0.2) is 26.1 Å². The predicted octanol–water partition coefficient (Wildman–Crippen LogP) is 5.08. The summed E-state index contributed by atoms with van der Waals surface area (Å²) >= 11 is 6.06. The summed E-state index contributed by atoms with van der Waals surface area (Å²) in [4.78, 5) is 0. The molecule has 0 saturated heterocycles. The van der Waals surface area contributed by atoms with E-state index < -0.39 is 0 Å². The maximum Gasteiger partial charge on any atom is 0.188 e. The van der Waals surface area contributed by atoms with E-state index in [1.54, 1.807) is 44.6 Å². The van der Waals surface area contributed by atoms with Gasteiger partial charge in [0, 0.05) is 18.2 Å². The first-order valence-corrected chi connectivity index (χ1v) is 8.92. The van der Waals surface area contributed by atoms with E-state index in [1.807, 2.05) is 24.3 Å². The van der Waals surface area contributed by atoms with E-state index in [-0.39, 0.29) is 17.6 Å². The van der Waals surface area contributed by atoms with Crippen molar-refractivity contribution in [1.82, 2.24) is 0 Å². The summed E-state index contributed by atoms with van der Waals surface area (Å²) in [7, 11) is 3.16. The maximum absolute atomic E-state index is 10.4. The van der Waals surface area contributed by atoms with Crippen molar-refractivity contribution in [2.75, 3.05) is 21.0 Å². The lowest BCUT2D eigenvalue weighted by Crippen LogP contribution is -2.01. The van der Waals surface area contributed by atoms with E-state index in [2.05, 4.69) is 6.07 Å². The highest BCUT2D eigenvalue weighted by Gasteiger charge is 2.15. The van der Waals surface area contributed by atoms with Gasteiger partial charge in [-0.3, -0.25) is 0 Å². The average molecular weight is 400 g/mol.